The van der Waals surface area contributed by atoms with Gasteiger partial charge in [-0.25, -0.2) is 13.7 Å². The molecular formula is C33H24ClF2N3O7. The first-order chi connectivity index (χ1) is 21.8. The van der Waals surface area contributed by atoms with Gasteiger partial charge in [0, 0.05) is 18.1 Å². The Balaban J connectivity index is 1.35. The summed E-state index contributed by atoms with van der Waals surface area (Å²) >= 11 is 6.00. The number of phenols is 1. The van der Waals surface area contributed by atoms with Crippen LogP contribution in [0.3, 0.4) is 0 Å². The van der Waals surface area contributed by atoms with E-state index in [0.717, 1.165) is 28.0 Å². The van der Waals surface area contributed by atoms with E-state index in [9.17, 15) is 43.2 Å². The van der Waals surface area contributed by atoms with E-state index < -0.39 is 80.9 Å². The normalized spacial score (nSPS) is 28.6. The van der Waals surface area contributed by atoms with Crippen LogP contribution in [-0.4, -0.2) is 33.7 Å². The number of benzene rings is 3. The molecule has 2 saturated heterocycles. The van der Waals surface area contributed by atoms with Crippen molar-refractivity contribution in [2.75, 3.05) is 9.80 Å². The van der Waals surface area contributed by atoms with Crippen LogP contribution in [0.4, 0.5) is 25.8 Å². The number of non-ortho nitro benzene ring substituents is 1. The summed E-state index contributed by atoms with van der Waals surface area (Å²) in [6.45, 7) is 1.60. The SMILES string of the molecule is C[C@@]12C(=O)N(c3ccc(F)c(Cl)c3)C(=O)[C@@H]1C[C@@H]1C(=CC[C@@H]3C(=O)N(c4ccc([N+](=O)[O-])cc4)C(=O)[C@@H]31)[C@@H]2c1ccc(O)c(F)c1. The molecule has 0 spiro atoms. The molecule has 0 bridgehead atoms. The molecule has 7 rings (SSSR count). The summed E-state index contributed by atoms with van der Waals surface area (Å²) < 4.78 is 28.9. The van der Waals surface area contributed by atoms with E-state index in [4.69, 9.17) is 11.6 Å². The van der Waals surface area contributed by atoms with Crippen LogP contribution >= 0.6 is 11.6 Å². The molecule has 234 valence electrons. The number of imide groups is 2. The summed E-state index contributed by atoms with van der Waals surface area (Å²) in [7, 11) is 0. The minimum atomic E-state index is -1.49. The van der Waals surface area contributed by atoms with Crippen molar-refractivity contribution in [1.29, 1.82) is 0 Å². The highest BCUT2D eigenvalue weighted by atomic mass is 35.5. The number of hydrogen-bond donors (Lipinski definition) is 1. The molecule has 2 aliphatic heterocycles. The number of carbonyl (C=O) groups excluding carboxylic acids is 4. The molecule has 3 fully saturated rings. The lowest BCUT2D eigenvalue weighted by molar-refractivity contribution is -0.384. The minimum absolute atomic E-state index is 0.0175. The van der Waals surface area contributed by atoms with Gasteiger partial charge in [-0.3, -0.25) is 34.2 Å². The maximum Gasteiger partial charge on any atom is 0.269 e. The van der Waals surface area contributed by atoms with Crippen LogP contribution < -0.4 is 9.80 Å². The Kier molecular flexibility index (Phi) is 6.64. The van der Waals surface area contributed by atoms with Crippen LogP contribution in [0.15, 0.2) is 72.3 Å². The van der Waals surface area contributed by atoms with Gasteiger partial charge in [-0.2, -0.15) is 0 Å². The molecule has 1 saturated carbocycles. The molecule has 13 heteroatoms. The number of hydrogen-bond acceptors (Lipinski definition) is 7. The molecular weight excluding hydrogens is 624 g/mol. The standard InChI is InChI=1S/C33H24ClF2N3O7/c1-33-22(30(42)38(32(33)44)18-7-10-24(35)23(34)13-18)14-21-19(28(33)15-2-11-26(40)25(36)12-15)8-9-20-27(21)31(43)37(29(20)41)16-3-5-17(6-4-16)39(45)46/h2-8,10-13,20-22,27-28,40H,9,14H2,1H3/t20-,21+,22-,27-,28-,33+/m0/s1. The zero-order valence-electron chi connectivity index (χ0n) is 24.0. The van der Waals surface area contributed by atoms with Crippen molar-refractivity contribution in [2.24, 2.45) is 29.1 Å². The third-order valence-corrected chi connectivity index (χ3v) is 10.3. The molecule has 0 aromatic heterocycles. The van der Waals surface area contributed by atoms with Crippen molar-refractivity contribution in [2.45, 2.75) is 25.7 Å². The molecule has 6 atom stereocenters. The fraction of sp³-hybridized carbons (Fsp3) is 0.273. The zero-order chi connectivity index (χ0) is 32.8. The zero-order valence-corrected chi connectivity index (χ0v) is 24.8. The molecule has 3 aromatic rings. The third-order valence-electron chi connectivity index (χ3n) is 10.1. The van der Waals surface area contributed by atoms with Gasteiger partial charge < -0.3 is 5.11 Å². The van der Waals surface area contributed by atoms with Crippen molar-refractivity contribution < 1.29 is 38.0 Å². The van der Waals surface area contributed by atoms with E-state index >= 15 is 0 Å². The van der Waals surface area contributed by atoms with E-state index in [1.165, 1.54) is 42.5 Å². The van der Waals surface area contributed by atoms with Gasteiger partial charge in [0.2, 0.25) is 23.6 Å². The first kappa shape index (κ1) is 29.7. The van der Waals surface area contributed by atoms with Crippen LogP contribution in [0.25, 0.3) is 0 Å². The number of nitro groups is 1. The van der Waals surface area contributed by atoms with Crippen molar-refractivity contribution in [1.82, 2.24) is 0 Å². The maximum atomic E-state index is 14.8. The number of aromatic hydroxyl groups is 1. The number of allylic oxidation sites excluding steroid dienone is 2. The van der Waals surface area contributed by atoms with Crippen molar-refractivity contribution in [3.8, 4) is 5.75 Å². The van der Waals surface area contributed by atoms with Gasteiger partial charge in [0.1, 0.15) is 5.82 Å². The van der Waals surface area contributed by atoms with Crippen LogP contribution in [0.2, 0.25) is 5.02 Å². The lowest BCUT2D eigenvalue weighted by Crippen LogP contribution is -2.48. The number of carbonyl (C=O) groups is 4. The summed E-state index contributed by atoms with van der Waals surface area (Å²) in [4.78, 5) is 68.8. The molecule has 1 N–H and O–H groups in total. The number of phenolic OH excluding ortho intramolecular Hbond substituents is 1. The fourth-order valence-corrected chi connectivity index (χ4v) is 8.12. The molecule has 2 aliphatic carbocycles. The summed E-state index contributed by atoms with van der Waals surface area (Å²) in [6.07, 6.45) is 1.92. The van der Waals surface area contributed by atoms with Crippen molar-refractivity contribution in [3.05, 3.63) is 105 Å². The van der Waals surface area contributed by atoms with E-state index in [-0.39, 0.29) is 34.9 Å². The van der Waals surface area contributed by atoms with Crippen LogP contribution in [0.1, 0.15) is 31.2 Å². The predicted octanol–water partition coefficient (Wildman–Crippen LogP) is 5.67. The van der Waals surface area contributed by atoms with Gasteiger partial charge in [-0.05, 0) is 73.7 Å². The van der Waals surface area contributed by atoms with Crippen LogP contribution in [0.5, 0.6) is 5.75 Å². The van der Waals surface area contributed by atoms with Gasteiger partial charge in [-0.15, -0.1) is 0 Å². The predicted molar refractivity (Wildman–Crippen MR) is 160 cm³/mol. The number of fused-ring (bicyclic) bond motifs is 4. The number of halogens is 3. The van der Waals surface area contributed by atoms with E-state index in [1.54, 1.807) is 13.0 Å². The second-order valence-corrected chi connectivity index (χ2v) is 12.7. The Morgan fingerprint density at radius 1 is 0.891 bits per heavy atom. The molecule has 46 heavy (non-hydrogen) atoms. The largest absolute Gasteiger partial charge is 0.505 e. The van der Waals surface area contributed by atoms with Gasteiger partial charge in [0.05, 0.1) is 44.5 Å². The quantitative estimate of drug-likeness (QED) is 0.167. The van der Waals surface area contributed by atoms with E-state index in [1.807, 2.05) is 0 Å². The molecule has 4 aliphatic rings. The summed E-state index contributed by atoms with van der Waals surface area (Å²) in [5.41, 5.74) is -0.588. The summed E-state index contributed by atoms with van der Waals surface area (Å²) in [5, 5.41) is 20.8. The van der Waals surface area contributed by atoms with Gasteiger partial charge >= 0.3 is 0 Å². The van der Waals surface area contributed by atoms with Crippen molar-refractivity contribution >= 4 is 52.3 Å². The minimum Gasteiger partial charge on any atom is -0.505 e. The lowest BCUT2D eigenvalue weighted by atomic mass is 9.51. The third kappa shape index (κ3) is 4.05. The Morgan fingerprint density at radius 2 is 1.59 bits per heavy atom. The first-order valence-electron chi connectivity index (χ1n) is 14.5. The van der Waals surface area contributed by atoms with E-state index in [2.05, 4.69) is 0 Å². The second kappa shape index (κ2) is 10.3. The monoisotopic (exact) mass is 647 g/mol. The van der Waals surface area contributed by atoms with Crippen molar-refractivity contribution in [3.63, 3.8) is 0 Å². The molecule has 10 nitrogen and oxygen atoms in total. The maximum absolute atomic E-state index is 14.8. The first-order valence-corrected chi connectivity index (χ1v) is 14.9. The molecule has 4 amide bonds. The fourth-order valence-electron chi connectivity index (χ4n) is 7.95. The number of amides is 4. The van der Waals surface area contributed by atoms with Gasteiger partial charge in [-0.1, -0.05) is 29.3 Å². The number of nitrogens with zero attached hydrogens (tertiary/aromatic N) is 3. The molecule has 3 aromatic carbocycles. The van der Waals surface area contributed by atoms with Gasteiger partial charge in [0.25, 0.3) is 5.69 Å². The summed E-state index contributed by atoms with van der Waals surface area (Å²) in [5.74, 6) is -8.92. The lowest BCUT2D eigenvalue weighted by Gasteiger charge is -2.49. The van der Waals surface area contributed by atoms with E-state index in [0.29, 0.717) is 11.1 Å². The number of anilines is 2. The molecule has 0 radical (unpaired) electrons. The second-order valence-electron chi connectivity index (χ2n) is 12.3. The number of rotatable bonds is 4. The van der Waals surface area contributed by atoms with Crippen LogP contribution in [-0.2, 0) is 19.2 Å². The number of nitro benzene ring substituents is 1. The Morgan fingerprint density at radius 3 is 2.24 bits per heavy atom. The Labute approximate surface area is 265 Å². The average Bonchev–Trinajstić information content (AvgIpc) is 3.39. The topological polar surface area (TPSA) is 138 Å². The highest BCUT2D eigenvalue weighted by Crippen LogP contribution is 2.63. The Hall–Kier alpha value is -4.97. The smallest absolute Gasteiger partial charge is 0.269 e. The van der Waals surface area contributed by atoms with Gasteiger partial charge in [0.15, 0.2) is 11.6 Å². The van der Waals surface area contributed by atoms with Crippen LogP contribution in [0, 0.1) is 50.8 Å². The highest BCUT2D eigenvalue weighted by molar-refractivity contribution is 6.32. The molecule has 2 heterocycles. The summed E-state index contributed by atoms with van der Waals surface area (Å²) in [6, 6.07) is 12.2. The molecule has 0 unspecified atom stereocenters. The highest BCUT2D eigenvalue weighted by Gasteiger charge is 2.67. The Bertz CT molecular complexity index is 1930. The average molecular weight is 648 g/mol.